The summed E-state index contributed by atoms with van der Waals surface area (Å²) in [5.41, 5.74) is 6.19. The minimum absolute atomic E-state index is 0.00709. The van der Waals surface area contributed by atoms with Gasteiger partial charge in [-0.15, -0.1) is 0 Å². The predicted molar refractivity (Wildman–Crippen MR) is 66.3 cm³/mol. The second-order valence-corrected chi connectivity index (χ2v) is 4.52. The van der Waals surface area contributed by atoms with Gasteiger partial charge in [-0.1, -0.05) is 12.1 Å². The highest BCUT2D eigenvalue weighted by molar-refractivity contribution is 5.94. The summed E-state index contributed by atoms with van der Waals surface area (Å²) in [5, 5.41) is 2.74. The number of amides is 1. The van der Waals surface area contributed by atoms with Gasteiger partial charge in [-0.25, -0.2) is 4.39 Å². The zero-order valence-corrected chi connectivity index (χ0v) is 10.5. The second kappa shape index (κ2) is 5.77. The summed E-state index contributed by atoms with van der Waals surface area (Å²) in [4.78, 5) is 11.8. The SMILES string of the molecule is Cc1cccc(C(=O)NC(C)CC(C)N)c1F. The van der Waals surface area contributed by atoms with Crippen LogP contribution in [0.5, 0.6) is 0 Å². The Kier molecular flexibility index (Phi) is 4.63. The van der Waals surface area contributed by atoms with Crippen molar-refractivity contribution in [3.63, 3.8) is 0 Å². The van der Waals surface area contributed by atoms with Crippen LogP contribution >= 0.6 is 0 Å². The molecule has 0 bridgehead atoms. The first kappa shape index (κ1) is 13.6. The molecule has 2 unspecified atom stereocenters. The van der Waals surface area contributed by atoms with Crippen LogP contribution in [0.3, 0.4) is 0 Å². The molecule has 3 N–H and O–H groups in total. The van der Waals surface area contributed by atoms with E-state index in [4.69, 9.17) is 5.73 Å². The lowest BCUT2D eigenvalue weighted by Crippen LogP contribution is -2.36. The monoisotopic (exact) mass is 238 g/mol. The Labute approximate surface area is 101 Å². The lowest BCUT2D eigenvalue weighted by molar-refractivity contribution is 0.0933. The highest BCUT2D eigenvalue weighted by atomic mass is 19.1. The Bertz CT molecular complexity index is 404. The number of benzene rings is 1. The van der Waals surface area contributed by atoms with Crippen LogP contribution in [0.1, 0.15) is 36.2 Å². The van der Waals surface area contributed by atoms with Gasteiger partial charge in [0, 0.05) is 12.1 Å². The third-order valence-corrected chi connectivity index (χ3v) is 2.54. The van der Waals surface area contributed by atoms with E-state index in [9.17, 15) is 9.18 Å². The topological polar surface area (TPSA) is 55.1 Å². The normalized spacial score (nSPS) is 14.2. The van der Waals surface area contributed by atoms with Crippen molar-refractivity contribution < 1.29 is 9.18 Å². The molecule has 17 heavy (non-hydrogen) atoms. The molecule has 4 heteroatoms. The number of rotatable bonds is 4. The fraction of sp³-hybridized carbons (Fsp3) is 0.462. The second-order valence-electron chi connectivity index (χ2n) is 4.52. The molecule has 0 aliphatic heterocycles. The molecule has 0 aliphatic carbocycles. The summed E-state index contributed by atoms with van der Waals surface area (Å²) >= 11 is 0. The van der Waals surface area contributed by atoms with Gasteiger partial charge in [0.15, 0.2) is 0 Å². The summed E-state index contributed by atoms with van der Waals surface area (Å²) < 4.78 is 13.7. The highest BCUT2D eigenvalue weighted by Gasteiger charge is 2.15. The maximum atomic E-state index is 13.7. The van der Waals surface area contributed by atoms with Gasteiger partial charge in [0.25, 0.3) is 5.91 Å². The maximum Gasteiger partial charge on any atom is 0.254 e. The van der Waals surface area contributed by atoms with Crippen molar-refractivity contribution in [1.82, 2.24) is 5.32 Å². The molecule has 0 heterocycles. The lowest BCUT2D eigenvalue weighted by Gasteiger charge is -2.16. The lowest BCUT2D eigenvalue weighted by atomic mass is 10.1. The van der Waals surface area contributed by atoms with Gasteiger partial charge in [0.1, 0.15) is 5.82 Å². The average molecular weight is 238 g/mol. The van der Waals surface area contributed by atoms with Gasteiger partial charge >= 0.3 is 0 Å². The van der Waals surface area contributed by atoms with Gasteiger partial charge in [-0.3, -0.25) is 4.79 Å². The average Bonchev–Trinajstić information content (AvgIpc) is 2.20. The van der Waals surface area contributed by atoms with Crippen LogP contribution in [-0.2, 0) is 0 Å². The largest absolute Gasteiger partial charge is 0.349 e. The first-order chi connectivity index (χ1) is 7.91. The smallest absolute Gasteiger partial charge is 0.254 e. The van der Waals surface area contributed by atoms with Crippen molar-refractivity contribution >= 4 is 5.91 Å². The fourth-order valence-electron chi connectivity index (χ4n) is 1.74. The summed E-state index contributed by atoms with van der Waals surface area (Å²) in [6.07, 6.45) is 0.666. The number of carbonyl (C=O) groups excluding carboxylic acids is 1. The Hall–Kier alpha value is -1.42. The molecule has 0 saturated heterocycles. The summed E-state index contributed by atoms with van der Waals surface area (Å²) in [6.45, 7) is 5.36. The number of aryl methyl sites for hydroxylation is 1. The first-order valence-electron chi connectivity index (χ1n) is 5.73. The van der Waals surface area contributed by atoms with Crippen LogP contribution in [0.4, 0.5) is 4.39 Å². The summed E-state index contributed by atoms with van der Waals surface area (Å²) in [6, 6.07) is 4.73. The molecule has 0 spiro atoms. The Morgan fingerprint density at radius 1 is 1.47 bits per heavy atom. The van der Waals surface area contributed by atoms with Crippen molar-refractivity contribution in [3.05, 3.63) is 35.1 Å². The molecular formula is C13H19FN2O. The number of carbonyl (C=O) groups is 1. The molecule has 0 fully saturated rings. The standard InChI is InChI=1S/C13H19FN2O/c1-8-5-4-6-11(12(8)14)13(17)16-10(3)7-9(2)15/h4-6,9-10H,7,15H2,1-3H3,(H,16,17). The molecule has 2 atom stereocenters. The predicted octanol–water partition coefficient (Wildman–Crippen LogP) is 1.99. The van der Waals surface area contributed by atoms with Crippen molar-refractivity contribution in [2.75, 3.05) is 0 Å². The fourth-order valence-corrected chi connectivity index (χ4v) is 1.74. The van der Waals surface area contributed by atoms with E-state index in [-0.39, 0.29) is 23.6 Å². The van der Waals surface area contributed by atoms with Gasteiger partial charge < -0.3 is 11.1 Å². The quantitative estimate of drug-likeness (QED) is 0.842. The number of halogens is 1. The molecule has 1 amide bonds. The van der Waals surface area contributed by atoms with E-state index < -0.39 is 5.82 Å². The number of hydrogen-bond donors (Lipinski definition) is 2. The van der Waals surface area contributed by atoms with Gasteiger partial charge in [-0.05, 0) is 38.8 Å². The number of nitrogens with one attached hydrogen (secondary N) is 1. The van der Waals surface area contributed by atoms with Crippen molar-refractivity contribution in [1.29, 1.82) is 0 Å². The number of hydrogen-bond acceptors (Lipinski definition) is 2. The minimum atomic E-state index is -0.460. The zero-order valence-electron chi connectivity index (χ0n) is 10.5. The Balaban J connectivity index is 2.73. The van der Waals surface area contributed by atoms with Crippen LogP contribution in [-0.4, -0.2) is 18.0 Å². The Morgan fingerprint density at radius 2 is 2.12 bits per heavy atom. The molecule has 94 valence electrons. The molecule has 1 rings (SSSR count). The van der Waals surface area contributed by atoms with E-state index in [0.29, 0.717) is 12.0 Å². The molecular weight excluding hydrogens is 219 g/mol. The third-order valence-electron chi connectivity index (χ3n) is 2.54. The van der Waals surface area contributed by atoms with Crippen LogP contribution in [0.25, 0.3) is 0 Å². The first-order valence-corrected chi connectivity index (χ1v) is 5.73. The molecule has 0 aromatic heterocycles. The van der Waals surface area contributed by atoms with Crippen molar-refractivity contribution in [2.24, 2.45) is 5.73 Å². The van der Waals surface area contributed by atoms with Gasteiger partial charge in [-0.2, -0.15) is 0 Å². The summed E-state index contributed by atoms with van der Waals surface area (Å²) in [7, 11) is 0. The zero-order chi connectivity index (χ0) is 13.0. The summed E-state index contributed by atoms with van der Waals surface area (Å²) in [5.74, 6) is -0.850. The molecule has 0 radical (unpaired) electrons. The van der Waals surface area contributed by atoms with Crippen LogP contribution < -0.4 is 11.1 Å². The van der Waals surface area contributed by atoms with Crippen molar-refractivity contribution in [2.45, 2.75) is 39.3 Å². The molecule has 1 aromatic rings. The van der Waals surface area contributed by atoms with Crippen LogP contribution in [0, 0.1) is 12.7 Å². The van der Waals surface area contributed by atoms with Crippen molar-refractivity contribution in [3.8, 4) is 0 Å². The molecule has 0 saturated carbocycles. The third kappa shape index (κ3) is 3.82. The molecule has 0 aliphatic rings. The van der Waals surface area contributed by atoms with Crippen LogP contribution in [0.2, 0.25) is 0 Å². The maximum absolute atomic E-state index is 13.7. The van der Waals surface area contributed by atoms with Gasteiger partial charge in [0.05, 0.1) is 5.56 Å². The van der Waals surface area contributed by atoms with E-state index in [1.54, 1.807) is 19.1 Å². The van der Waals surface area contributed by atoms with Gasteiger partial charge in [0.2, 0.25) is 0 Å². The Morgan fingerprint density at radius 3 is 2.71 bits per heavy atom. The minimum Gasteiger partial charge on any atom is -0.349 e. The highest BCUT2D eigenvalue weighted by Crippen LogP contribution is 2.12. The van der Waals surface area contributed by atoms with E-state index >= 15 is 0 Å². The van der Waals surface area contributed by atoms with Crippen LogP contribution in [0.15, 0.2) is 18.2 Å². The van der Waals surface area contributed by atoms with E-state index in [1.807, 2.05) is 13.8 Å². The van der Waals surface area contributed by atoms with E-state index in [1.165, 1.54) is 6.07 Å². The number of nitrogens with two attached hydrogens (primary N) is 1. The van der Waals surface area contributed by atoms with E-state index in [0.717, 1.165) is 0 Å². The molecule has 1 aromatic carbocycles. The molecule has 3 nitrogen and oxygen atoms in total. The van der Waals surface area contributed by atoms with E-state index in [2.05, 4.69) is 5.32 Å².